The lowest BCUT2D eigenvalue weighted by atomic mass is 9.43. The van der Waals surface area contributed by atoms with Crippen LogP contribution in [0.1, 0.15) is 72.1 Å². The average Bonchev–Trinajstić information content (AvgIpc) is 2.85. The van der Waals surface area contributed by atoms with E-state index in [0.717, 1.165) is 19.3 Å². The fraction of sp³-hybridized carbons (Fsp3) is 0.857. The second-order valence-electron chi connectivity index (χ2n) is 9.69. The first-order valence-electron chi connectivity index (χ1n) is 10.1. The van der Waals surface area contributed by atoms with E-state index >= 15 is 0 Å². The Hall–Kier alpha value is -1.23. The molecule has 0 aromatic heterocycles. The number of fused-ring (bicyclic) bond motifs is 5. The molecule has 0 spiro atoms. The van der Waals surface area contributed by atoms with Gasteiger partial charge < -0.3 is 9.84 Å². The molecule has 0 aromatic carbocycles. The number of hydrogen-bond donors (Lipinski definition) is 1. The van der Waals surface area contributed by atoms with Crippen molar-refractivity contribution >= 4 is 17.5 Å². The molecule has 0 unspecified atom stereocenters. The van der Waals surface area contributed by atoms with E-state index in [-0.39, 0.29) is 29.5 Å². The van der Waals surface area contributed by atoms with E-state index in [9.17, 15) is 19.5 Å². The number of Topliss-reactive ketones (excluding diaryl/α,β-unsaturated/α-hetero) is 2. The van der Waals surface area contributed by atoms with Crippen LogP contribution in [-0.2, 0) is 19.1 Å². The van der Waals surface area contributed by atoms with Crippen LogP contribution in [0.4, 0.5) is 0 Å². The molecule has 4 fully saturated rings. The van der Waals surface area contributed by atoms with E-state index in [4.69, 9.17) is 4.74 Å². The molecule has 26 heavy (non-hydrogen) atoms. The lowest BCUT2D eigenvalue weighted by Gasteiger charge is -2.64. The Morgan fingerprint density at radius 2 is 1.85 bits per heavy atom. The molecule has 0 radical (unpaired) electrons. The molecular weight excluding hydrogens is 332 g/mol. The van der Waals surface area contributed by atoms with Crippen LogP contribution in [0.25, 0.3) is 0 Å². The molecular formula is C21H30O5. The molecule has 1 N–H and O–H groups in total. The molecule has 0 aliphatic heterocycles. The zero-order valence-corrected chi connectivity index (χ0v) is 16.0. The van der Waals surface area contributed by atoms with Gasteiger partial charge in [0, 0.05) is 37.0 Å². The topological polar surface area (TPSA) is 80.7 Å². The van der Waals surface area contributed by atoms with Gasteiger partial charge in [0.1, 0.15) is 23.3 Å². The van der Waals surface area contributed by atoms with Gasteiger partial charge in [0.25, 0.3) is 0 Å². The van der Waals surface area contributed by atoms with Gasteiger partial charge in [-0.2, -0.15) is 0 Å². The SMILES string of the molecule is CC(=O)O[C@H]1C[C@H]2[C@@H]3CCC(=O)[C@@]3(C)CC[C@@H]2[C@@]2(C)CCC(=O)C[C@]12O. The van der Waals surface area contributed by atoms with Gasteiger partial charge in [-0.25, -0.2) is 0 Å². The monoisotopic (exact) mass is 362 g/mol. The van der Waals surface area contributed by atoms with Gasteiger partial charge >= 0.3 is 5.97 Å². The molecule has 5 nitrogen and oxygen atoms in total. The van der Waals surface area contributed by atoms with E-state index in [1.807, 2.05) is 0 Å². The minimum Gasteiger partial charge on any atom is -0.459 e. The number of esters is 1. The molecule has 4 aliphatic rings. The highest BCUT2D eigenvalue weighted by molar-refractivity contribution is 5.87. The van der Waals surface area contributed by atoms with Crippen molar-refractivity contribution in [3.05, 3.63) is 0 Å². The van der Waals surface area contributed by atoms with Crippen LogP contribution in [-0.4, -0.2) is 34.3 Å². The van der Waals surface area contributed by atoms with Gasteiger partial charge in [-0.15, -0.1) is 0 Å². The van der Waals surface area contributed by atoms with E-state index in [0.29, 0.717) is 37.4 Å². The van der Waals surface area contributed by atoms with Gasteiger partial charge in [-0.1, -0.05) is 13.8 Å². The summed E-state index contributed by atoms with van der Waals surface area (Å²) in [5.41, 5.74) is -2.00. The second-order valence-corrected chi connectivity index (χ2v) is 9.69. The smallest absolute Gasteiger partial charge is 0.303 e. The van der Waals surface area contributed by atoms with Crippen LogP contribution in [0.2, 0.25) is 0 Å². The van der Waals surface area contributed by atoms with Crippen molar-refractivity contribution in [2.24, 2.45) is 28.6 Å². The molecule has 0 saturated heterocycles. The summed E-state index contributed by atoms with van der Waals surface area (Å²) in [6.45, 7) is 5.56. The van der Waals surface area contributed by atoms with Gasteiger partial charge in [-0.05, 0) is 49.9 Å². The number of aliphatic hydroxyl groups is 1. The summed E-state index contributed by atoms with van der Waals surface area (Å²) in [5, 5.41) is 11.7. The van der Waals surface area contributed by atoms with Crippen molar-refractivity contribution < 1.29 is 24.2 Å². The summed E-state index contributed by atoms with van der Waals surface area (Å²) >= 11 is 0. The molecule has 0 amide bonds. The van der Waals surface area contributed by atoms with Crippen molar-refractivity contribution in [2.45, 2.75) is 83.8 Å². The highest BCUT2D eigenvalue weighted by Gasteiger charge is 2.68. The fourth-order valence-electron chi connectivity index (χ4n) is 7.16. The van der Waals surface area contributed by atoms with E-state index < -0.39 is 23.1 Å². The Labute approximate surface area is 154 Å². The summed E-state index contributed by atoms with van der Waals surface area (Å²) in [7, 11) is 0. The lowest BCUT2D eigenvalue weighted by molar-refractivity contribution is -0.253. The average molecular weight is 362 g/mol. The molecule has 4 aliphatic carbocycles. The third-order valence-corrected chi connectivity index (χ3v) is 8.67. The van der Waals surface area contributed by atoms with Gasteiger partial charge in [0.05, 0.1) is 0 Å². The minimum atomic E-state index is -1.29. The summed E-state index contributed by atoms with van der Waals surface area (Å²) < 4.78 is 5.61. The van der Waals surface area contributed by atoms with Gasteiger partial charge in [0.15, 0.2) is 0 Å². The molecule has 144 valence electrons. The summed E-state index contributed by atoms with van der Waals surface area (Å²) in [4.78, 5) is 36.5. The van der Waals surface area contributed by atoms with Crippen LogP contribution in [0.5, 0.6) is 0 Å². The number of hydrogen-bond acceptors (Lipinski definition) is 5. The number of carbonyl (C=O) groups is 3. The molecule has 4 rings (SSSR count). The Morgan fingerprint density at radius 1 is 1.12 bits per heavy atom. The second kappa shape index (κ2) is 5.63. The standard InChI is InChI=1S/C21H30O5/c1-12(22)26-18-10-14-15-4-5-17(24)19(15,2)8-7-16(14)20(3)9-6-13(23)11-21(18,20)25/h14-16,18,25H,4-11H2,1-3H3/t14-,15-,16-,18-,19-,20+,21-/m0/s1. The zero-order chi connectivity index (χ0) is 18.9. The zero-order valence-electron chi connectivity index (χ0n) is 16.0. The van der Waals surface area contributed by atoms with Crippen LogP contribution >= 0.6 is 0 Å². The third kappa shape index (κ3) is 2.22. The van der Waals surface area contributed by atoms with Gasteiger partial charge in [0.2, 0.25) is 0 Å². The highest BCUT2D eigenvalue weighted by atomic mass is 16.6. The molecule has 4 saturated carbocycles. The molecule has 0 aromatic rings. The molecule has 0 heterocycles. The van der Waals surface area contributed by atoms with Crippen LogP contribution in [0.3, 0.4) is 0 Å². The Balaban J connectivity index is 1.76. The third-order valence-electron chi connectivity index (χ3n) is 8.67. The number of ether oxygens (including phenoxy) is 1. The number of ketones is 2. The molecule has 7 atom stereocenters. The van der Waals surface area contributed by atoms with Crippen molar-refractivity contribution in [2.75, 3.05) is 0 Å². The first kappa shape index (κ1) is 18.1. The summed E-state index contributed by atoms with van der Waals surface area (Å²) in [5.74, 6) is 0.848. The number of rotatable bonds is 1. The predicted octanol–water partition coefficient (Wildman–Crippen LogP) is 2.82. The Kier molecular flexibility index (Phi) is 3.93. The lowest BCUT2D eigenvalue weighted by Crippen LogP contribution is -2.68. The molecule has 5 heteroatoms. The molecule has 0 bridgehead atoms. The van der Waals surface area contributed by atoms with E-state index in [1.165, 1.54) is 6.92 Å². The maximum Gasteiger partial charge on any atom is 0.303 e. The van der Waals surface area contributed by atoms with Crippen molar-refractivity contribution in [3.8, 4) is 0 Å². The predicted molar refractivity (Wildman–Crippen MR) is 94.1 cm³/mol. The minimum absolute atomic E-state index is 0.0530. The maximum absolute atomic E-state index is 12.6. The normalized spacial score (nSPS) is 50.6. The largest absolute Gasteiger partial charge is 0.459 e. The van der Waals surface area contributed by atoms with Crippen LogP contribution in [0.15, 0.2) is 0 Å². The van der Waals surface area contributed by atoms with E-state index in [1.54, 1.807) is 0 Å². The van der Waals surface area contributed by atoms with Gasteiger partial charge in [-0.3, -0.25) is 14.4 Å². The first-order chi connectivity index (χ1) is 12.1. The number of carbonyl (C=O) groups excluding carboxylic acids is 3. The maximum atomic E-state index is 12.6. The first-order valence-corrected chi connectivity index (χ1v) is 10.1. The quantitative estimate of drug-likeness (QED) is 0.726. The Bertz CT molecular complexity index is 671. The summed E-state index contributed by atoms with van der Waals surface area (Å²) in [6.07, 6.45) is 4.42. The van der Waals surface area contributed by atoms with E-state index in [2.05, 4.69) is 13.8 Å². The highest BCUT2D eigenvalue weighted by Crippen LogP contribution is 2.66. The Morgan fingerprint density at radius 3 is 2.54 bits per heavy atom. The van der Waals surface area contributed by atoms with Crippen molar-refractivity contribution in [3.63, 3.8) is 0 Å². The van der Waals surface area contributed by atoms with Crippen molar-refractivity contribution in [1.82, 2.24) is 0 Å². The van der Waals surface area contributed by atoms with Crippen molar-refractivity contribution in [1.29, 1.82) is 0 Å². The fourth-order valence-corrected chi connectivity index (χ4v) is 7.16. The van der Waals surface area contributed by atoms with Crippen LogP contribution < -0.4 is 0 Å². The summed E-state index contributed by atoms with van der Waals surface area (Å²) in [6, 6.07) is 0. The van der Waals surface area contributed by atoms with Crippen LogP contribution in [0, 0.1) is 28.6 Å².